The van der Waals surface area contributed by atoms with Crippen molar-refractivity contribution in [3.63, 3.8) is 0 Å². The number of amides is 6. The minimum atomic E-state index is -5.08. The second-order valence-corrected chi connectivity index (χ2v) is 28.3. The van der Waals surface area contributed by atoms with Crippen molar-refractivity contribution in [2.24, 2.45) is 0 Å². The Balaban J connectivity index is 2.87. The molecule has 1 aromatic rings. The monoisotopic (exact) mass is 910 g/mol. The van der Waals surface area contributed by atoms with Crippen molar-refractivity contribution in [3.05, 3.63) is 24.3 Å². The SMILES string of the molecule is COC(=O)[C@@H](C)NC(=O)[C@@H](C)NC(=O)[C@H](CCCCNC(=O)C(F)(F)F)NC(=O)CC[C@@H](NC(=O)[C@H](C)NC(=O)COc1cc[c]([Sn]([CH3])([CH3])[CH3])cc1)C(=O)OC. The number of methoxy groups -OCH3 is 2. The van der Waals surface area contributed by atoms with Gasteiger partial charge >= 0.3 is 153 Å². The largest absolute Gasteiger partial charge is 0.467 e. The van der Waals surface area contributed by atoms with E-state index in [0.717, 1.165) is 14.2 Å². The van der Waals surface area contributed by atoms with E-state index < -0.39 is 109 Å². The Morgan fingerprint density at radius 1 is 0.661 bits per heavy atom. The van der Waals surface area contributed by atoms with Gasteiger partial charge in [-0.15, -0.1) is 0 Å². The average Bonchev–Trinajstić information content (AvgIpc) is 3.13. The number of unbranched alkanes of at least 4 members (excludes halogenated alkanes) is 1. The molecule has 0 saturated carbocycles. The molecule has 314 valence electrons. The maximum atomic E-state index is 13.2. The van der Waals surface area contributed by atoms with Gasteiger partial charge in [-0.3, -0.25) is 19.2 Å². The summed E-state index contributed by atoms with van der Waals surface area (Å²) < 4.78 is 53.6. The molecule has 0 saturated heterocycles. The van der Waals surface area contributed by atoms with Crippen molar-refractivity contribution in [3.8, 4) is 5.75 Å². The number of carbonyl (C=O) groups is 8. The molecule has 56 heavy (non-hydrogen) atoms. The molecule has 0 fully saturated rings. The molecule has 6 N–H and O–H groups in total. The molecule has 0 heterocycles. The Kier molecular flexibility index (Phi) is 20.7. The molecule has 6 amide bonds. The summed E-state index contributed by atoms with van der Waals surface area (Å²) in [5, 5.41) is 13.8. The molecule has 0 unspecified atom stereocenters. The summed E-state index contributed by atoms with van der Waals surface area (Å²) in [6.07, 6.45) is -5.96. The van der Waals surface area contributed by atoms with Crippen molar-refractivity contribution < 1.29 is 65.7 Å². The topological polar surface area (TPSA) is 236 Å². The van der Waals surface area contributed by atoms with Crippen LogP contribution in [0.1, 0.15) is 52.9 Å². The van der Waals surface area contributed by atoms with Gasteiger partial charge in [-0.1, -0.05) is 0 Å². The number of rotatable bonds is 22. The van der Waals surface area contributed by atoms with Gasteiger partial charge in [-0.2, -0.15) is 13.2 Å². The fourth-order valence-electron chi connectivity index (χ4n) is 4.78. The Morgan fingerprint density at radius 3 is 1.77 bits per heavy atom. The van der Waals surface area contributed by atoms with Gasteiger partial charge in [0, 0.05) is 13.0 Å². The zero-order chi connectivity index (χ0) is 42.8. The summed E-state index contributed by atoms with van der Waals surface area (Å²) in [4.78, 5) is 106. The van der Waals surface area contributed by atoms with Gasteiger partial charge in [-0.05, 0) is 39.5 Å². The minimum absolute atomic E-state index is 0.0160. The van der Waals surface area contributed by atoms with Crippen molar-refractivity contribution in [1.82, 2.24) is 31.9 Å². The number of hydrogen-bond acceptors (Lipinski definition) is 11. The third kappa shape index (κ3) is 18.3. The Bertz CT molecular complexity index is 1540. The standard InChI is InChI=1S/C32H44F3N6O11.3CH3.Sn/c1-18(37-25(43)17-52-21-11-7-6-8-12-21)27(45)41-23(30(48)51-5)14-15-24(42)40-22(13-9-10-16-36-31(49)32(33,34)35)28(46)38-19(2)26(44)39-20(3)29(47)50-4;;;;/h7-8,11-12,18-20,22-23H,9-10,13-17H2,1-5H3,(H,36,49)(H,37,43)(H,38,46)(H,39,44)(H,40,42)(H,41,45);3*1H3;/t18-,19+,20+,22-,23+;;;;/m0..../s1. The summed E-state index contributed by atoms with van der Waals surface area (Å²) in [5.74, 6) is -7.12. The van der Waals surface area contributed by atoms with E-state index in [4.69, 9.17) is 9.47 Å². The Morgan fingerprint density at radius 2 is 1.21 bits per heavy atom. The first kappa shape index (κ1) is 49.4. The quantitative estimate of drug-likeness (QED) is 0.0518. The van der Waals surface area contributed by atoms with Crippen LogP contribution in [0.15, 0.2) is 24.3 Å². The third-order valence-corrected chi connectivity index (χ3v) is 14.0. The number of hydrogen-bond donors (Lipinski definition) is 6. The molecule has 17 nitrogen and oxygen atoms in total. The normalized spacial score (nSPS) is 14.0. The number of alkyl halides is 3. The van der Waals surface area contributed by atoms with E-state index in [2.05, 4.69) is 46.1 Å². The zero-order valence-corrected chi connectivity index (χ0v) is 35.6. The van der Waals surface area contributed by atoms with Crippen LogP contribution in [0.25, 0.3) is 0 Å². The van der Waals surface area contributed by atoms with Gasteiger partial charge < -0.3 is 30.7 Å². The number of carbonyl (C=O) groups excluding carboxylic acids is 8. The van der Waals surface area contributed by atoms with Gasteiger partial charge in [0.25, 0.3) is 0 Å². The summed E-state index contributed by atoms with van der Waals surface area (Å²) in [5.41, 5.74) is 0. The molecule has 0 aliphatic heterocycles. The van der Waals surface area contributed by atoms with E-state index in [1.165, 1.54) is 24.4 Å². The molecule has 0 spiro atoms. The second-order valence-electron chi connectivity index (χ2n) is 13.8. The van der Waals surface area contributed by atoms with E-state index in [1.807, 2.05) is 12.1 Å². The van der Waals surface area contributed by atoms with Crippen LogP contribution >= 0.6 is 0 Å². The van der Waals surface area contributed by atoms with Crippen LogP contribution in [0.2, 0.25) is 14.8 Å². The molecule has 1 aromatic carbocycles. The fraction of sp³-hybridized carbons (Fsp3) is 0.600. The molecule has 21 heteroatoms. The molecule has 0 aliphatic rings. The van der Waals surface area contributed by atoms with E-state index in [1.54, 1.807) is 17.4 Å². The first-order valence-electron chi connectivity index (χ1n) is 17.7. The van der Waals surface area contributed by atoms with Crippen molar-refractivity contribution in [2.45, 2.75) is 104 Å². The van der Waals surface area contributed by atoms with E-state index in [9.17, 15) is 51.5 Å². The number of nitrogens with one attached hydrogen (secondary N) is 6. The van der Waals surface area contributed by atoms with Gasteiger partial charge in [0.15, 0.2) is 0 Å². The summed E-state index contributed by atoms with van der Waals surface area (Å²) >= 11 is -2.27. The van der Waals surface area contributed by atoms with Gasteiger partial charge in [-0.25, -0.2) is 9.59 Å². The Hall–Kier alpha value is -4.63. The van der Waals surface area contributed by atoms with Gasteiger partial charge in [0.05, 0.1) is 14.2 Å². The van der Waals surface area contributed by atoms with Crippen molar-refractivity contribution in [1.29, 1.82) is 0 Å². The van der Waals surface area contributed by atoms with Crippen LogP contribution in [0.4, 0.5) is 13.2 Å². The first-order chi connectivity index (χ1) is 26.0. The summed E-state index contributed by atoms with van der Waals surface area (Å²) in [6.45, 7) is 3.25. The average molecular weight is 910 g/mol. The molecular weight excluding hydrogens is 856 g/mol. The molecular formula is C35H53F3N6O11Sn. The molecule has 0 bridgehead atoms. The van der Waals surface area contributed by atoms with E-state index in [0.29, 0.717) is 5.75 Å². The number of halogens is 3. The predicted octanol–water partition coefficient (Wildman–Crippen LogP) is 0.0693. The van der Waals surface area contributed by atoms with Crippen LogP contribution in [0.3, 0.4) is 0 Å². The zero-order valence-electron chi connectivity index (χ0n) is 32.8. The Labute approximate surface area is 327 Å². The maximum absolute atomic E-state index is 13.2. The first-order valence-corrected chi connectivity index (χ1v) is 27.7. The number of esters is 2. The van der Waals surface area contributed by atoms with Crippen LogP contribution in [-0.2, 0) is 47.8 Å². The maximum Gasteiger partial charge on any atom is 0.328 e. The van der Waals surface area contributed by atoms with Crippen LogP contribution < -0.4 is 40.2 Å². The number of benzene rings is 1. The van der Waals surface area contributed by atoms with E-state index in [-0.39, 0.29) is 38.8 Å². The number of ether oxygens (including phenoxy) is 3. The van der Waals surface area contributed by atoms with Gasteiger partial charge in [0.1, 0.15) is 18.1 Å². The van der Waals surface area contributed by atoms with Crippen molar-refractivity contribution >= 4 is 69.3 Å². The minimum Gasteiger partial charge on any atom is -0.467 e. The molecule has 0 aliphatic carbocycles. The van der Waals surface area contributed by atoms with E-state index >= 15 is 0 Å². The molecule has 0 aromatic heterocycles. The molecule has 5 atom stereocenters. The summed E-state index contributed by atoms with van der Waals surface area (Å²) in [7, 11) is 2.18. The summed E-state index contributed by atoms with van der Waals surface area (Å²) in [6, 6.07) is 1.39. The predicted molar refractivity (Wildman–Crippen MR) is 198 cm³/mol. The van der Waals surface area contributed by atoms with Crippen LogP contribution in [0.5, 0.6) is 5.75 Å². The second kappa shape index (κ2) is 23.4. The third-order valence-electron chi connectivity index (χ3n) is 8.10. The van der Waals surface area contributed by atoms with Gasteiger partial charge in [0.2, 0.25) is 17.7 Å². The smallest absolute Gasteiger partial charge is 0.328 e. The fourth-order valence-corrected chi connectivity index (χ4v) is 8.11. The van der Waals surface area contributed by atoms with Crippen molar-refractivity contribution in [2.75, 3.05) is 27.4 Å². The molecule has 1 rings (SSSR count). The van der Waals surface area contributed by atoms with Crippen LogP contribution in [0, 0.1) is 0 Å². The van der Waals surface area contributed by atoms with Crippen LogP contribution in [-0.4, -0.2) is 130 Å². The molecule has 0 radical (unpaired) electrons.